The summed E-state index contributed by atoms with van der Waals surface area (Å²) in [6.07, 6.45) is 3.69. The van der Waals surface area contributed by atoms with Crippen molar-refractivity contribution in [2.24, 2.45) is 0 Å². The molecule has 31 heavy (non-hydrogen) atoms. The summed E-state index contributed by atoms with van der Waals surface area (Å²) in [5, 5.41) is 2.88. The van der Waals surface area contributed by atoms with E-state index in [0.717, 1.165) is 36.3 Å². The van der Waals surface area contributed by atoms with Gasteiger partial charge in [0.15, 0.2) is 0 Å². The predicted molar refractivity (Wildman–Crippen MR) is 125 cm³/mol. The number of sulfonamides is 1. The predicted octanol–water partition coefficient (Wildman–Crippen LogP) is 4.63. The second-order valence-corrected chi connectivity index (χ2v) is 10.5. The summed E-state index contributed by atoms with van der Waals surface area (Å²) < 4.78 is 32.9. The molecule has 0 spiro atoms. The van der Waals surface area contributed by atoms with Crippen molar-refractivity contribution in [2.75, 3.05) is 31.3 Å². The lowest BCUT2D eigenvalue weighted by Gasteiger charge is -2.34. The minimum absolute atomic E-state index is 0.0604. The zero-order valence-corrected chi connectivity index (χ0v) is 19.7. The summed E-state index contributed by atoms with van der Waals surface area (Å²) in [7, 11) is -1.89. The number of hydrogen-bond acceptors (Lipinski definition) is 5. The van der Waals surface area contributed by atoms with Crippen LogP contribution in [0.5, 0.6) is 0 Å². The highest BCUT2D eigenvalue weighted by atomic mass is 32.2. The number of nitrogens with one attached hydrogen (secondary N) is 1. The van der Waals surface area contributed by atoms with Crippen LogP contribution in [0, 0.1) is 0 Å². The summed E-state index contributed by atoms with van der Waals surface area (Å²) in [5.41, 5.74) is 1.14. The number of thioether (sulfide) groups is 1. The van der Waals surface area contributed by atoms with Crippen molar-refractivity contribution in [1.82, 2.24) is 4.31 Å². The highest BCUT2D eigenvalue weighted by Crippen LogP contribution is 2.28. The fourth-order valence-corrected chi connectivity index (χ4v) is 6.49. The van der Waals surface area contributed by atoms with E-state index < -0.39 is 10.0 Å². The third-order valence-corrected chi connectivity index (χ3v) is 8.44. The Labute approximate surface area is 189 Å². The number of carbonyl (C=O) groups is 1. The molecule has 0 aliphatic carbocycles. The van der Waals surface area contributed by atoms with Crippen LogP contribution >= 0.6 is 11.8 Å². The molecule has 0 saturated carbocycles. The third-order valence-electron chi connectivity index (χ3n) is 5.44. The van der Waals surface area contributed by atoms with E-state index in [1.165, 1.54) is 0 Å². The molecule has 168 valence electrons. The van der Waals surface area contributed by atoms with Crippen molar-refractivity contribution < 1.29 is 17.9 Å². The van der Waals surface area contributed by atoms with Crippen LogP contribution in [0.25, 0.3) is 0 Å². The summed E-state index contributed by atoms with van der Waals surface area (Å²) in [5.74, 6) is 0.529. The van der Waals surface area contributed by atoms with E-state index in [0.29, 0.717) is 24.4 Å². The molecule has 1 fully saturated rings. The molecule has 0 unspecified atom stereocenters. The summed E-state index contributed by atoms with van der Waals surface area (Å²) in [6.45, 7) is 3.20. The Hall–Kier alpha value is -1.87. The molecule has 0 aromatic heterocycles. The van der Waals surface area contributed by atoms with Crippen molar-refractivity contribution in [3.05, 3.63) is 54.1 Å². The van der Waals surface area contributed by atoms with Crippen molar-refractivity contribution >= 4 is 33.4 Å². The van der Waals surface area contributed by atoms with Gasteiger partial charge < -0.3 is 10.1 Å². The molecule has 1 atom stereocenters. The van der Waals surface area contributed by atoms with Gasteiger partial charge in [0.1, 0.15) is 0 Å². The molecule has 6 nitrogen and oxygen atoms in total. The van der Waals surface area contributed by atoms with E-state index in [1.807, 2.05) is 25.1 Å². The highest BCUT2D eigenvalue weighted by Gasteiger charge is 2.32. The maximum absolute atomic E-state index is 13.1. The largest absolute Gasteiger partial charge is 0.384 e. The topological polar surface area (TPSA) is 75.7 Å². The Morgan fingerprint density at radius 1 is 1.16 bits per heavy atom. The van der Waals surface area contributed by atoms with Gasteiger partial charge in [0.2, 0.25) is 10.0 Å². The number of ether oxygens (including phenoxy) is 1. The Bertz CT molecular complexity index is 977. The van der Waals surface area contributed by atoms with Crippen molar-refractivity contribution in [2.45, 2.75) is 48.4 Å². The normalized spacial score (nSPS) is 17.4. The first-order valence-corrected chi connectivity index (χ1v) is 13.0. The van der Waals surface area contributed by atoms with E-state index in [2.05, 4.69) is 5.32 Å². The van der Waals surface area contributed by atoms with E-state index in [4.69, 9.17) is 4.74 Å². The smallest absolute Gasteiger partial charge is 0.256 e. The molecule has 2 aromatic rings. The molecule has 1 amide bonds. The van der Waals surface area contributed by atoms with E-state index in [-0.39, 0.29) is 16.8 Å². The maximum Gasteiger partial charge on any atom is 0.256 e. The molecule has 1 heterocycles. The van der Waals surface area contributed by atoms with Gasteiger partial charge in [-0.15, -0.1) is 11.8 Å². The van der Waals surface area contributed by atoms with Crippen LogP contribution in [0.3, 0.4) is 0 Å². The quantitative estimate of drug-likeness (QED) is 0.434. The molecule has 1 aliphatic heterocycles. The van der Waals surface area contributed by atoms with Crippen LogP contribution in [0.2, 0.25) is 0 Å². The third kappa shape index (κ3) is 5.88. The lowest BCUT2D eigenvalue weighted by molar-refractivity contribution is 0.102. The average Bonchev–Trinajstić information content (AvgIpc) is 2.80. The van der Waals surface area contributed by atoms with E-state index in [9.17, 15) is 13.2 Å². The van der Waals surface area contributed by atoms with Gasteiger partial charge in [-0.25, -0.2) is 8.42 Å². The molecule has 1 saturated heterocycles. The van der Waals surface area contributed by atoms with Gasteiger partial charge in [0.25, 0.3) is 5.91 Å². The van der Waals surface area contributed by atoms with Gasteiger partial charge in [0.05, 0.1) is 17.1 Å². The second-order valence-electron chi connectivity index (χ2n) is 7.49. The fourth-order valence-electron chi connectivity index (χ4n) is 3.76. The number of nitrogens with zero attached hydrogens (tertiary/aromatic N) is 1. The summed E-state index contributed by atoms with van der Waals surface area (Å²) in [6, 6.07) is 13.9. The van der Waals surface area contributed by atoms with Crippen LogP contribution < -0.4 is 5.32 Å². The van der Waals surface area contributed by atoms with E-state index in [1.54, 1.807) is 53.5 Å². The van der Waals surface area contributed by atoms with Crippen molar-refractivity contribution in [3.8, 4) is 0 Å². The summed E-state index contributed by atoms with van der Waals surface area (Å²) in [4.78, 5) is 13.9. The van der Waals surface area contributed by atoms with Crippen molar-refractivity contribution in [3.63, 3.8) is 0 Å². The number of piperidine rings is 1. The van der Waals surface area contributed by atoms with Crippen LogP contribution in [0.1, 0.15) is 43.0 Å². The number of carbonyl (C=O) groups excluding carboxylic acids is 1. The van der Waals surface area contributed by atoms with Gasteiger partial charge in [0, 0.05) is 36.0 Å². The van der Waals surface area contributed by atoms with Gasteiger partial charge in [-0.05, 0) is 55.7 Å². The molecule has 0 radical (unpaired) electrons. The Morgan fingerprint density at radius 2 is 1.90 bits per heavy atom. The van der Waals surface area contributed by atoms with Crippen LogP contribution in [0.4, 0.5) is 5.69 Å². The average molecular weight is 463 g/mol. The number of anilines is 1. The first-order valence-electron chi connectivity index (χ1n) is 10.6. The zero-order chi connectivity index (χ0) is 22.3. The van der Waals surface area contributed by atoms with Gasteiger partial charge in [-0.2, -0.15) is 4.31 Å². The Kier molecular flexibility index (Phi) is 8.54. The number of methoxy groups -OCH3 is 1. The van der Waals surface area contributed by atoms with Crippen LogP contribution in [-0.4, -0.2) is 50.7 Å². The minimum atomic E-state index is -3.53. The SMILES string of the molecule is CC[C@H]1CCCCN1S(=O)(=O)c1ccc(NC(=O)c2ccccc2SCCOC)cc1. The number of hydrogen-bond donors (Lipinski definition) is 1. The lowest BCUT2D eigenvalue weighted by atomic mass is 10.0. The zero-order valence-electron chi connectivity index (χ0n) is 18.0. The van der Waals surface area contributed by atoms with Crippen LogP contribution in [-0.2, 0) is 14.8 Å². The maximum atomic E-state index is 13.1. The molecule has 3 rings (SSSR count). The van der Waals surface area contributed by atoms with E-state index >= 15 is 0 Å². The molecule has 8 heteroatoms. The Balaban J connectivity index is 1.72. The Morgan fingerprint density at radius 3 is 2.61 bits per heavy atom. The molecular weight excluding hydrogens is 432 g/mol. The van der Waals surface area contributed by atoms with Gasteiger partial charge >= 0.3 is 0 Å². The standard InChI is InChI=1S/C23H30N2O4S2/c1-3-19-8-6-7-15-25(19)31(27,28)20-13-11-18(12-14-20)24-23(26)21-9-4-5-10-22(21)30-17-16-29-2/h4-5,9-14,19H,3,6-8,15-17H2,1-2H3,(H,24,26)/t19-/m0/s1. The number of amides is 1. The number of benzene rings is 2. The minimum Gasteiger partial charge on any atom is -0.384 e. The first kappa shape index (κ1) is 23.8. The first-order chi connectivity index (χ1) is 15.0. The molecule has 1 aliphatic rings. The summed E-state index contributed by atoms with van der Waals surface area (Å²) >= 11 is 1.56. The molecule has 0 bridgehead atoms. The lowest BCUT2D eigenvalue weighted by Crippen LogP contribution is -2.43. The number of rotatable bonds is 9. The molecule has 1 N–H and O–H groups in total. The highest BCUT2D eigenvalue weighted by molar-refractivity contribution is 7.99. The monoisotopic (exact) mass is 462 g/mol. The second kappa shape index (κ2) is 11.1. The molecular formula is C23H30N2O4S2. The van der Waals surface area contributed by atoms with Crippen molar-refractivity contribution in [1.29, 1.82) is 0 Å². The fraction of sp³-hybridized carbons (Fsp3) is 0.435. The molecule has 2 aromatic carbocycles. The van der Waals surface area contributed by atoms with Gasteiger partial charge in [-0.3, -0.25) is 4.79 Å². The van der Waals surface area contributed by atoms with Crippen LogP contribution in [0.15, 0.2) is 58.3 Å². The van der Waals surface area contributed by atoms with Gasteiger partial charge in [-0.1, -0.05) is 25.5 Å².